The molecular weight excluding hydrogens is 216 g/mol. The number of hydrogen-bond donors (Lipinski definition) is 1. The van der Waals surface area contributed by atoms with Crippen molar-refractivity contribution in [1.82, 2.24) is 10.2 Å². The van der Waals surface area contributed by atoms with Crippen LogP contribution in [0.4, 0.5) is 0 Å². The second kappa shape index (κ2) is 9.32. The minimum atomic E-state index is 0.944. The molecule has 0 aromatic rings. The minimum absolute atomic E-state index is 0.944. The summed E-state index contributed by atoms with van der Waals surface area (Å²) >= 11 is 2.07. The van der Waals surface area contributed by atoms with Crippen molar-refractivity contribution in [3.63, 3.8) is 0 Å². The SMILES string of the molecule is CCSCCCN(CC)CC1CCNCC1. The van der Waals surface area contributed by atoms with Gasteiger partial charge in [-0.2, -0.15) is 11.8 Å². The van der Waals surface area contributed by atoms with Crippen LogP contribution in [0.15, 0.2) is 0 Å². The van der Waals surface area contributed by atoms with Crippen LogP contribution in [-0.4, -0.2) is 49.1 Å². The lowest BCUT2D eigenvalue weighted by Crippen LogP contribution is -2.36. The van der Waals surface area contributed by atoms with Crippen LogP contribution in [-0.2, 0) is 0 Å². The van der Waals surface area contributed by atoms with Crippen molar-refractivity contribution in [2.24, 2.45) is 5.92 Å². The first-order valence-electron chi connectivity index (χ1n) is 6.87. The quantitative estimate of drug-likeness (QED) is 0.660. The molecule has 0 radical (unpaired) electrons. The Morgan fingerprint density at radius 2 is 2.00 bits per heavy atom. The molecular formula is C13H28N2S. The van der Waals surface area contributed by atoms with Crippen LogP contribution >= 0.6 is 11.8 Å². The van der Waals surface area contributed by atoms with Gasteiger partial charge in [0.05, 0.1) is 0 Å². The molecule has 16 heavy (non-hydrogen) atoms. The summed E-state index contributed by atoms with van der Waals surface area (Å²) in [6.45, 7) is 10.9. The molecule has 0 aromatic heterocycles. The smallest absolute Gasteiger partial charge is 0.00105 e. The van der Waals surface area contributed by atoms with Crippen LogP contribution in [0.25, 0.3) is 0 Å². The summed E-state index contributed by atoms with van der Waals surface area (Å²) in [5.41, 5.74) is 0. The second-order valence-corrected chi connectivity index (χ2v) is 6.03. The highest BCUT2D eigenvalue weighted by atomic mass is 32.2. The third kappa shape index (κ3) is 6.12. The maximum atomic E-state index is 3.44. The molecule has 3 heteroatoms. The normalized spacial score (nSPS) is 18.2. The lowest BCUT2D eigenvalue weighted by molar-refractivity contribution is 0.214. The standard InChI is InChI=1S/C13H28N2S/c1-3-15(10-5-11-16-4-2)12-13-6-8-14-9-7-13/h13-14H,3-12H2,1-2H3. The fourth-order valence-corrected chi connectivity index (χ4v) is 2.96. The molecule has 1 saturated heterocycles. The zero-order chi connectivity index (χ0) is 11.6. The van der Waals surface area contributed by atoms with E-state index in [0.717, 1.165) is 5.92 Å². The molecule has 1 aliphatic rings. The lowest BCUT2D eigenvalue weighted by Gasteiger charge is -2.29. The first-order valence-corrected chi connectivity index (χ1v) is 8.03. The van der Waals surface area contributed by atoms with Crippen LogP contribution < -0.4 is 5.32 Å². The summed E-state index contributed by atoms with van der Waals surface area (Å²) in [7, 11) is 0. The fourth-order valence-electron chi connectivity index (χ4n) is 2.34. The Morgan fingerprint density at radius 1 is 1.25 bits per heavy atom. The molecule has 0 aromatic carbocycles. The molecule has 1 fully saturated rings. The van der Waals surface area contributed by atoms with E-state index in [2.05, 4.69) is 35.8 Å². The van der Waals surface area contributed by atoms with E-state index in [-0.39, 0.29) is 0 Å². The Morgan fingerprint density at radius 3 is 2.62 bits per heavy atom. The van der Waals surface area contributed by atoms with E-state index >= 15 is 0 Å². The predicted molar refractivity (Wildman–Crippen MR) is 75.3 cm³/mol. The average molecular weight is 244 g/mol. The monoisotopic (exact) mass is 244 g/mol. The summed E-state index contributed by atoms with van der Waals surface area (Å²) in [5, 5.41) is 3.44. The first kappa shape index (κ1) is 14.3. The highest BCUT2D eigenvalue weighted by Crippen LogP contribution is 2.13. The molecule has 2 nitrogen and oxygen atoms in total. The van der Waals surface area contributed by atoms with E-state index in [1.165, 1.54) is 63.5 Å². The Bertz CT molecular complexity index is 158. The number of nitrogens with zero attached hydrogens (tertiary/aromatic N) is 1. The van der Waals surface area contributed by atoms with Gasteiger partial charge in [0.2, 0.25) is 0 Å². The summed E-state index contributed by atoms with van der Waals surface area (Å²) in [4.78, 5) is 2.65. The predicted octanol–water partition coefficient (Wildman–Crippen LogP) is 2.45. The number of piperidine rings is 1. The van der Waals surface area contributed by atoms with Gasteiger partial charge in [0.25, 0.3) is 0 Å². The van der Waals surface area contributed by atoms with Gasteiger partial charge in [-0.25, -0.2) is 0 Å². The lowest BCUT2D eigenvalue weighted by atomic mass is 9.97. The zero-order valence-corrected chi connectivity index (χ0v) is 11.8. The maximum absolute atomic E-state index is 3.44. The van der Waals surface area contributed by atoms with E-state index in [9.17, 15) is 0 Å². The minimum Gasteiger partial charge on any atom is -0.317 e. The van der Waals surface area contributed by atoms with Crippen LogP contribution in [0.5, 0.6) is 0 Å². The van der Waals surface area contributed by atoms with Crippen LogP contribution in [0.2, 0.25) is 0 Å². The highest BCUT2D eigenvalue weighted by Gasteiger charge is 2.15. The molecule has 1 rings (SSSR count). The van der Waals surface area contributed by atoms with Crippen molar-refractivity contribution in [3.8, 4) is 0 Å². The van der Waals surface area contributed by atoms with Gasteiger partial charge in [-0.1, -0.05) is 13.8 Å². The van der Waals surface area contributed by atoms with Gasteiger partial charge in [-0.15, -0.1) is 0 Å². The van der Waals surface area contributed by atoms with Crippen molar-refractivity contribution >= 4 is 11.8 Å². The molecule has 0 bridgehead atoms. The Balaban J connectivity index is 2.09. The van der Waals surface area contributed by atoms with Crippen molar-refractivity contribution in [2.75, 3.05) is 44.2 Å². The third-order valence-corrected chi connectivity index (χ3v) is 4.38. The van der Waals surface area contributed by atoms with Gasteiger partial charge in [0.15, 0.2) is 0 Å². The number of thioether (sulfide) groups is 1. The van der Waals surface area contributed by atoms with E-state index in [0.29, 0.717) is 0 Å². The summed E-state index contributed by atoms with van der Waals surface area (Å²) < 4.78 is 0. The topological polar surface area (TPSA) is 15.3 Å². The molecule has 0 unspecified atom stereocenters. The molecule has 0 atom stereocenters. The summed E-state index contributed by atoms with van der Waals surface area (Å²) in [6, 6.07) is 0. The van der Waals surface area contributed by atoms with Crippen LogP contribution in [0, 0.1) is 5.92 Å². The van der Waals surface area contributed by atoms with Crippen LogP contribution in [0.3, 0.4) is 0 Å². The molecule has 0 aliphatic carbocycles. The van der Waals surface area contributed by atoms with E-state index in [1.54, 1.807) is 0 Å². The first-order chi connectivity index (χ1) is 7.86. The number of nitrogens with one attached hydrogen (secondary N) is 1. The number of rotatable bonds is 8. The molecule has 0 amide bonds. The second-order valence-electron chi connectivity index (χ2n) is 4.64. The molecule has 0 saturated carbocycles. The van der Waals surface area contributed by atoms with Gasteiger partial charge >= 0.3 is 0 Å². The summed E-state index contributed by atoms with van der Waals surface area (Å²) in [6.07, 6.45) is 4.11. The van der Waals surface area contributed by atoms with E-state index < -0.39 is 0 Å². The number of hydrogen-bond acceptors (Lipinski definition) is 3. The Labute approximate surface area is 106 Å². The largest absolute Gasteiger partial charge is 0.317 e. The Hall–Kier alpha value is 0.270. The van der Waals surface area contributed by atoms with Crippen molar-refractivity contribution < 1.29 is 0 Å². The van der Waals surface area contributed by atoms with Gasteiger partial charge in [0.1, 0.15) is 0 Å². The zero-order valence-electron chi connectivity index (χ0n) is 11.0. The van der Waals surface area contributed by atoms with Gasteiger partial charge in [-0.05, 0) is 62.9 Å². The highest BCUT2D eigenvalue weighted by molar-refractivity contribution is 7.99. The summed E-state index contributed by atoms with van der Waals surface area (Å²) in [5.74, 6) is 3.54. The Kier molecular flexibility index (Phi) is 8.34. The van der Waals surface area contributed by atoms with Crippen molar-refractivity contribution in [1.29, 1.82) is 0 Å². The maximum Gasteiger partial charge on any atom is 0.00105 e. The third-order valence-electron chi connectivity index (χ3n) is 3.39. The molecule has 1 heterocycles. The van der Waals surface area contributed by atoms with E-state index in [1.807, 2.05) is 0 Å². The van der Waals surface area contributed by atoms with Gasteiger partial charge in [0, 0.05) is 6.54 Å². The van der Waals surface area contributed by atoms with Crippen LogP contribution in [0.1, 0.15) is 33.1 Å². The molecule has 96 valence electrons. The molecule has 0 spiro atoms. The molecule has 1 aliphatic heterocycles. The molecule has 1 N–H and O–H groups in total. The van der Waals surface area contributed by atoms with E-state index in [4.69, 9.17) is 0 Å². The van der Waals surface area contributed by atoms with Gasteiger partial charge in [-0.3, -0.25) is 0 Å². The fraction of sp³-hybridized carbons (Fsp3) is 1.00. The van der Waals surface area contributed by atoms with Crippen molar-refractivity contribution in [2.45, 2.75) is 33.1 Å². The van der Waals surface area contributed by atoms with Gasteiger partial charge < -0.3 is 10.2 Å². The van der Waals surface area contributed by atoms with Crippen molar-refractivity contribution in [3.05, 3.63) is 0 Å². The average Bonchev–Trinajstić information content (AvgIpc) is 2.34.